The summed E-state index contributed by atoms with van der Waals surface area (Å²) in [7, 11) is 0. The van der Waals surface area contributed by atoms with Gasteiger partial charge in [0.1, 0.15) is 34.6 Å². The molecule has 9 nitrogen and oxygen atoms in total. The van der Waals surface area contributed by atoms with Gasteiger partial charge in [-0.2, -0.15) is 0 Å². The van der Waals surface area contributed by atoms with E-state index in [-0.39, 0.29) is 70.6 Å². The first-order valence-electron chi connectivity index (χ1n) is 8.74. The van der Waals surface area contributed by atoms with Crippen molar-refractivity contribution in [3.63, 3.8) is 0 Å². The summed E-state index contributed by atoms with van der Waals surface area (Å²) in [6, 6.07) is 3.76. The second kappa shape index (κ2) is 11.9. The molecule has 3 radical (unpaired) electrons. The third kappa shape index (κ3) is 8.26. The molecule has 3 rings (SSSR count). The van der Waals surface area contributed by atoms with Crippen molar-refractivity contribution in [2.75, 3.05) is 0 Å². The van der Waals surface area contributed by atoms with Crippen LogP contribution >= 0.6 is 0 Å². The summed E-state index contributed by atoms with van der Waals surface area (Å²) in [5.74, 6) is 1.45. The molecule has 0 saturated carbocycles. The predicted molar refractivity (Wildman–Crippen MR) is 114 cm³/mol. The number of rotatable bonds is 0. The molecule has 0 aliphatic heterocycles. The topological polar surface area (TPSA) is 151 Å². The summed E-state index contributed by atoms with van der Waals surface area (Å²) >= 11 is 0. The molecule has 0 aromatic carbocycles. The van der Waals surface area contributed by atoms with Gasteiger partial charge in [-0.05, 0) is 41.5 Å². The summed E-state index contributed by atoms with van der Waals surface area (Å²) in [6.07, 6.45) is 0. The summed E-state index contributed by atoms with van der Waals surface area (Å²) < 4.78 is 14.8. The van der Waals surface area contributed by atoms with Gasteiger partial charge in [0.25, 0.3) is 0 Å². The molecule has 0 bridgehead atoms. The smallest absolute Gasteiger partial charge is 0.227 e. The zero-order valence-corrected chi connectivity index (χ0v) is 20.5. The Morgan fingerprint density at radius 1 is 0.516 bits per heavy atom. The third-order valence-corrected chi connectivity index (χ3v) is 3.65. The van der Waals surface area contributed by atoms with Crippen LogP contribution < -0.4 is 16.3 Å². The molecule has 10 heteroatoms. The Hall–Kier alpha value is -3.11. The van der Waals surface area contributed by atoms with Gasteiger partial charge in [0.2, 0.25) is 33.5 Å². The monoisotopic (exact) mass is 489 g/mol. The van der Waals surface area contributed by atoms with Crippen molar-refractivity contribution < 1.29 is 28.6 Å². The van der Waals surface area contributed by atoms with Gasteiger partial charge in [0.05, 0.1) is 0 Å². The summed E-state index contributed by atoms with van der Waals surface area (Å²) in [5, 5.41) is 26.8. The van der Waals surface area contributed by atoms with E-state index in [2.05, 4.69) is 0 Å². The van der Waals surface area contributed by atoms with Crippen LogP contribution in [0, 0.1) is 41.5 Å². The number of hydrogen-bond acceptors (Lipinski definition) is 9. The Morgan fingerprint density at radius 3 is 0.871 bits per heavy atom. The molecular formula is C21H24GaO9. The molecule has 3 heterocycles. The first kappa shape index (κ1) is 27.9. The molecule has 0 amide bonds. The standard InChI is InChI=1S/3C7H8O3.Ga/c3*1-4-3-6(8)7(9)5(2)10-4;/h3*3,9H,1-2H3;. The molecule has 0 spiro atoms. The second-order valence-electron chi connectivity index (χ2n) is 6.38. The Balaban J connectivity index is 0.000000429. The quantitative estimate of drug-likeness (QED) is 0.404. The molecule has 3 N–H and O–H groups in total. The van der Waals surface area contributed by atoms with E-state index in [0.29, 0.717) is 17.3 Å². The maximum absolute atomic E-state index is 10.8. The Labute approximate surface area is 190 Å². The van der Waals surface area contributed by atoms with E-state index in [1.165, 1.54) is 18.2 Å². The Kier molecular flexibility index (Phi) is 10.7. The number of hydrogen-bond donors (Lipinski definition) is 3. The average Bonchev–Trinajstić information content (AvgIpc) is 2.63. The van der Waals surface area contributed by atoms with E-state index in [1.54, 1.807) is 41.5 Å². The SMILES string of the molecule is Cc1cc(=O)c(O)c(C)o1.Cc1cc(=O)c(O)c(C)o1.Cc1cc(=O)c(O)c(C)o1.[Ga]. The molecule has 3 aromatic heterocycles. The van der Waals surface area contributed by atoms with Gasteiger partial charge in [0.15, 0.2) is 0 Å². The zero-order valence-electron chi connectivity index (χ0n) is 18.1. The van der Waals surface area contributed by atoms with Gasteiger partial charge in [0, 0.05) is 38.0 Å². The number of aromatic hydroxyl groups is 3. The Bertz CT molecular complexity index is 1050. The summed E-state index contributed by atoms with van der Waals surface area (Å²) in [6.45, 7) is 9.62. The fourth-order valence-electron chi connectivity index (χ4n) is 2.24. The van der Waals surface area contributed by atoms with E-state index in [1.807, 2.05) is 0 Å². The third-order valence-electron chi connectivity index (χ3n) is 3.65. The summed E-state index contributed by atoms with van der Waals surface area (Å²) in [4.78, 5) is 32.3. The molecule has 3 aromatic rings. The first-order valence-corrected chi connectivity index (χ1v) is 8.74. The van der Waals surface area contributed by atoms with Crippen LogP contribution in [0.15, 0.2) is 45.8 Å². The molecule has 0 saturated heterocycles. The van der Waals surface area contributed by atoms with E-state index in [0.717, 1.165) is 0 Å². The zero-order chi connectivity index (χ0) is 23.2. The van der Waals surface area contributed by atoms with Crippen LogP contribution in [0.4, 0.5) is 0 Å². The van der Waals surface area contributed by atoms with E-state index in [9.17, 15) is 14.4 Å². The molecular weight excluding hydrogens is 466 g/mol. The molecule has 0 aliphatic rings. The molecule has 0 atom stereocenters. The minimum Gasteiger partial charge on any atom is -0.502 e. The van der Waals surface area contributed by atoms with Crippen molar-refractivity contribution in [3.05, 3.63) is 83.4 Å². The van der Waals surface area contributed by atoms with Crippen molar-refractivity contribution in [2.45, 2.75) is 41.5 Å². The van der Waals surface area contributed by atoms with Crippen molar-refractivity contribution in [1.82, 2.24) is 0 Å². The summed E-state index contributed by atoms with van der Waals surface area (Å²) in [5.41, 5.74) is -1.16. The number of aryl methyl sites for hydroxylation is 6. The van der Waals surface area contributed by atoms with E-state index >= 15 is 0 Å². The van der Waals surface area contributed by atoms with Gasteiger partial charge >= 0.3 is 0 Å². The van der Waals surface area contributed by atoms with Crippen molar-refractivity contribution in [1.29, 1.82) is 0 Å². The maximum Gasteiger partial charge on any atom is 0.227 e. The van der Waals surface area contributed by atoms with Crippen LogP contribution in [-0.2, 0) is 0 Å². The fraction of sp³-hybridized carbons (Fsp3) is 0.286. The van der Waals surface area contributed by atoms with Crippen LogP contribution in [0.2, 0.25) is 0 Å². The largest absolute Gasteiger partial charge is 0.502 e. The minimum atomic E-state index is -0.388. The van der Waals surface area contributed by atoms with Crippen LogP contribution in [-0.4, -0.2) is 35.1 Å². The van der Waals surface area contributed by atoms with Crippen LogP contribution in [0.25, 0.3) is 0 Å². The van der Waals surface area contributed by atoms with Gasteiger partial charge < -0.3 is 28.6 Å². The van der Waals surface area contributed by atoms with Crippen molar-refractivity contribution in [3.8, 4) is 17.2 Å². The van der Waals surface area contributed by atoms with Gasteiger partial charge in [-0.3, -0.25) is 14.4 Å². The first-order chi connectivity index (χ1) is 13.8. The van der Waals surface area contributed by atoms with Crippen LogP contribution in [0.3, 0.4) is 0 Å². The fourth-order valence-corrected chi connectivity index (χ4v) is 2.24. The predicted octanol–water partition coefficient (Wildman–Crippen LogP) is 2.51. The Morgan fingerprint density at radius 2 is 0.710 bits per heavy atom. The normalized spacial score (nSPS) is 9.48. The molecule has 165 valence electrons. The second-order valence-corrected chi connectivity index (χ2v) is 6.38. The van der Waals surface area contributed by atoms with Crippen molar-refractivity contribution in [2.24, 2.45) is 0 Å². The van der Waals surface area contributed by atoms with Gasteiger partial charge in [-0.25, -0.2) is 0 Å². The van der Waals surface area contributed by atoms with Gasteiger partial charge in [-0.15, -0.1) is 0 Å². The van der Waals surface area contributed by atoms with Crippen LogP contribution in [0.1, 0.15) is 34.6 Å². The minimum absolute atomic E-state index is 0. The molecule has 0 aliphatic carbocycles. The average molecular weight is 490 g/mol. The van der Waals surface area contributed by atoms with Crippen LogP contribution in [0.5, 0.6) is 17.2 Å². The van der Waals surface area contributed by atoms with Gasteiger partial charge in [-0.1, -0.05) is 0 Å². The van der Waals surface area contributed by atoms with Crippen molar-refractivity contribution >= 4 is 19.8 Å². The molecule has 0 fully saturated rings. The van der Waals surface area contributed by atoms with E-state index < -0.39 is 0 Å². The van der Waals surface area contributed by atoms with E-state index in [4.69, 9.17) is 28.6 Å². The molecule has 31 heavy (non-hydrogen) atoms. The molecule has 0 unspecified atom stereocenters. The maximum atomic E-state index is 10.8.